The summed E-state index contributed by atoms with van der Waals surface area (Å²) in [6, 6.07) is 0. The lowest BCUT2D eigenvalue weighted by Crippen LogP contribution is -2.63. The van der Waals surface area contributed by atoms with Crippen molar-refractivity contribution >= 4 is 8.80 Å². The first kappa shape index (κ1) is 31.6. The fourth-order valence-corrected chi connectivity index (χ4v) is 3.92. The first-order chi connectivity index (χ1) is 14.1. The molecule has 0 rings (SSSR count). The lowest BCUT2D eigenvalue weighted by molar-refractivity contribution is -0.341. The third-order valence-corrected chi connectivity index (χ3v) is 5.07. The van der Waals surface area contributed by atoms with Gasteiger partial charge in [-0.1, -0.05) is 6.58 Å². The summed E-state index contributed by atoms with van der Waals surface area (Å²) in [5, 5.41) is 0. The van der Waals surface area contributed by atoms with E-state index < -0.39 is 69.9 Å². The van der Waals surface area contributed by atoms with Crippen LogP contribution in [0.4, 0.5) is 79.0 Å². The van der Waals surface area contributed by atoms with Crippen molar-refractivity contribution in [3.63, 3.8) is 0 Å². The van der Waals surface area contributed by atoms with Gasteiger partial charge in [0.05, 0.1) is 0 Å². The number of alkyl halides is 18. The van der Waals surface area contributed by atoms with Crippen molar-refractivity contribution in [2.45, 2.75) is 55.4 Å². The third kappa shape index (κ3) is 9.03. The van der Waals surface area contributed by atoms with E-state index in [9.17, 15) is 79.0 Å². The zero-order valence-electron chi connectivity index (χ0n) is 14.5. The minimum absolute atomic E-state index is 1.12. The van der Waals surface area contributed by atoms with E-state index in [-0.39, 0.29) is 0 Å². The second-order valence-corrected chi connectivity index (χ2v) is 7.87. The molecule has 0 aromatic heterocycles. The molecule has 0 aliphatic rings. The molecule has 0 N–H and O–H groups in total. The highest BCUT2D eigenvalue weighted by atomic mass is 28.4. The molecule has 0 aromatic rings. The molecule has 0 heterocycles. The van der Waals surface area contributed by atoms with Gasteiger partial charge in [-0.25, -0.2) is 0 Å². The van der Waals surface area contributed by atoms with E-state index in [2.05, 4.69) is 19.9 Å². The van der Waals surface area contributed by atoms with Gasteiger partial charge in [0.2, 0.25) is 18.3 Å². The highest BCUT2D eigenvalue weighted by molar-refractivity contribution is 6.66. The molecule has 33 heavy (non-hydrogen) atoms. The summed E-state index contributed by atoms with van der Waals surface area (Å²) in [5.74, 6) is 0. The predicted octanol–water partition coefficient (Wildman–Crippen LogP) is 6.18. The number of halogens is 18. The number of rotatable bonds is 7. The van der Waals surface area contributed by atoms with Crippen LogP contribution >= 0.6 is 0 Å². The standard InChI is InChI=1S/C11H6F18O3Si/c1-2-33(30-3(6(12,13)14)7(15,16)17,31-4(8(18,19)20)9(21,22)23)32-5(10(24,25)26)11(27,28)29/h2-5H,1H2. The van der Waals surface area contributed by atoms with E-state index in [0.29, 0.717) is 0 Å². The monoisotopic (exact) mass is 556 g/mol. The van der Waals surface area contributed by atoms with Crippen LogP contribution < -0.4 is 0 Å². The van der Waals surface area contributed by atoms with Crippen LogP contribution in [0.1, 0.15) is 0 Å². The Morgan fingerprint density at radius 3 is 0.667 bits per heavy atom. The average molecular weight is 556 g/mol. The summed E-state index contributed by atoms with van der Waals surface area (Å²) in [4.78, 5) is 0. The number of hydrogen-bond donors (Lipinski definition) is 0. The van der Waals surface area contributed by atoms with E-state index in [0.717, 1.165) is 0 Å². The third-order valence-electron chi connectivity index (χ3n) is 2.88. The van der Waals surface area contributed by atoms with Crippen molar-refractivity contribution < 1.29 is 92.3 Å². The van der Waals surface area contributed by atoms with Gasteiger partial charge in [0.1, 0.15) is 0 Å². The van der Waals surface area contributed by atoms with E-state index in [1.165, 1.54) is 0 Å². The molecule has 0 saturated carbocycles. The van der Waals surface area contributed by atoms with Crippen molar-refractivity contribution in [2.24, 2.45) is 0 Å². The van der Waals surface area contributed by atoms with Crippen LogP contribution in [-0.2, 0) is 13.3 Å². The lowest BCUT2D eigenvalue weighted by atomic mass is 10.3. The van der Waals surface area contributed by atoms with Gasteiger partial charge in [-0.05, 0) is 5.70 Å². The van der Waals surface area contributed by atoms with Gasteiger partial charge >= 0.3 is 45.9 Å². The SMILES string of the molecule is C=C[Si](OC(C(F)(F)F)C(F)(F)F)(OC(C(F)(F)F)C(F)(F)F)OC(C(F)(F)F)C(F)(F)F. The molecule has 0 atom stereocenters. The number of hydrogen-bond acceptors (Lipinski definition) is 3. The predicted molar refractivity (Wildman–Crippen MR) is 66.9 cm³/mol. The van der Waals surface area contributed by atoms with Gasteiger partial charge in [-0.2, -0.15) is 79.0 Å². The fraction of sp³-hybridized carbons (Fsp3) is 0.818. The molecule has 0 fully saturated rings. The summed E-state index contributed by atoms with van der Waals surface area (Å²) in [5.41, 5.74) is -1.12. The second kappa shape index (κ2) is 9.32. The largest absolute Gasteiger partial charge is 0.531 e. The Morgan fingerprint density at radius 2 is 0.576 bits per heavy atom. The zero-order chi connectivity index (χ0) is 27.1. The van der Waals surface area contributed by atoms with Crippen molar-refractivity contribution in [2.75, 3.05) is 0 Å². The molecule has 22 heteroatoms. The highest BCUT2D eigenvalue weighted by Gasteiger charge is 2.70. The van der Waals surface area contributed by atoms with Crippen molar-refractivity contribution in [3.05, 3.63) is 12.3 Å². The van der Waals surface area contributed by atoms with Crippen molar-refractivity contribution in [3.8, 4) is 0 Å². The molecular formula is C11H6F18O3Si. The van der Waals surface area contributed by atoms with Crippen LogP contribution in [0.5, 0.6) is 0 Å². The Labute approximate surface area is 170 Å². The summed E-state index contributed by atoms with van der Waals surface area (Å²) in [6.07, 6.45) is -57.7. The Balaban J connectivity index is 6.95. The Hall–Kier alpha value is -1.42. The van der Waals surface area contributed by atoms with Gasteiger partial charge in [-0.3, -0.25) is 0 Å². The van der Waals surface area contributed by atoms with Crippen LogP contribution in [0.25, 0.3) is 0 Å². The molecule has 0 saturated heterocycles. The maximum atomic E-state index is 12.6. The van der Waals surface area contributed by atoms with E-state index in [1.54, 1.807) is 0 Å². The van der Waals surface area contributed by atoms with Crippen molar-refractivity contribution in [1.82, 2.24) is 0 Å². The quantitative estimate of drug-likeness (QED) is 0.277. The molecule has 0 radical (unpaired) electrons. The van der Waals surface area contributed by atoms with Crippen LogP contribution in [0.3, 0.4) is 0 Å². The molecule has 0 bridgehead atoms. The maximum Gasteiger partial charge on any atom is 0.531 e. The summed E-state index contributed by atoms with van der Waals surface area (Å²) < 4.78 is 236. The van der Waals surface area contributed by atoms with Crippen LogP contribution in [-0.4, -0.2) is 64.2 Å². The highest BCUT2D eigenvalue weighted by Crippen LogP contribution is 2.44. The molecule has 198 valence electrons. The van der Waals surface area contributed by atoms with Gasteiger partial charge in [0, 0.05) is 0 Å². The lowest BCUT2D eigenvalue weighted by Gasteiger charge is -2.38. The average Bonchev–Trinajstić information content (AvgIpc) is 2.47. The first-order valence-electron chi connectivity index (χ1n) is 7.15. The molecule has 0 aromatic carbocycles. The minimum atomic E-state index is -7.67. The molecule has 0 aliphatic carbocycles. The molecule has 3 nitrogen and oxygen atoms in total. The molecule has 0 aliphatic heterocycles. The van der Waals surface area contributed by atoms with Crippen LogP contribution in [0.2, 0.25) is 0 Å². The normalized spacial score (nSPS) is 15.7. The van der Waals surface area contributed by atoms with Gasteiger partial charge in [0.15, 0.2) is 0 Å². The summed E-state index contributed by atoms with van der Waals surface area (Å²) in [6.45, 7) is 2.07. The topological polar surface area (TPSA) is 27.7 Å². The first-order valence-corrected chi connectivity index (χ1v) is 8.95. The van der Waals surface area contributed by atoms with Gasteiger partial charge in [0.25, 0.3) is 0 Å². The zero-order valence-corrected chi connectivity index (χ0v) is 15.5. The smallest absolute Gasteiger partial charge is 0.350 e. The van der Waals surface area contributed by atoms with Crippen LogP contribution in [0, 0.1) is 0 Å². The maximum absolute atomic E-state index is 12.6. The fourth-order valence-electron chi connectivity index (χ4n) is 1.68. The second-order valence-electron chi connectivity index (χ2n) is 5.55. The molecule has 0 unspecified atom stereocenters. The Morgan fingerprint density at radius 1 is 0.424 bits per heavy atom. The molecular weight excluding hydrogens is 550 g/mol. The van der Waals surface area contributed by atoms with E-state index >= 15 is 0 Å². The Kier molecular flexibility index (Phi) is 8.92. The molecule has 0 spiro atoms. The van der Waals surface area contributed by atoms with E-state index in [1.807, 2.05) is 0 Å². The van der Waals surface area contributed by atoms with Crippen molar-refractivity contribution in [1.29, 1.82) is 0 Å². The minimum Gasteiger partial charge on any atom is -0.350 e. The van der Waals surface area contributed by atoms with Crippen LogP contribution in [0.15, 0.2) is 12.3 Å². The summed E-state index contributed by atoms with van der Waals surface area (Å²) >= 11 is 0. The van der Waals surface area contributed by atoms with Gasteiger partial charge < -0.3 is 13.3 Å². The van der Waals surface area contributed by atoms with E-state index in [4.69, 9.17) is 0 Å². The summed E-state index contributed by atoms with van der Waals surface area (Å²) in [7, 11) is -7.67. The van der Waals surface area contributed by atoms with Gasteiger partial charge in [-0.15, -0.1) is 0 Å². The molecule has 0 amide bonds. The Bertz CT molecular complexity index is 527.